The number of fused-ring (bicyclic) bond motifs is 7. The minimum atomic E-state index is -4.02. The van der Waals surface area contributed by atoms with Crippen LogP contribution in [-0.2, 0) is 40.3 Å². The molecule has 1 aromatic carbocycles. The van der Waals surface area contributed by atoms with E-state index >= 15 is 4.79 Å². The minimum absolute atomic E-state index is 0.00546. The maximum absolute atomic E-state index is 15.2. The number of rotatable bonds is 12. The first-order valence-electron chi connectivity index (χ1n) is 25.6. The molecule has 10 rings (SSSR count). The van der Waals surface area contributed by atoms with Crippen molar-refractivity contribution in [2.75, 3.05) is 26.8 Å². The topological polar surface area (TPSA) is 195 Å². The summed E-state index contributed by atoms with van der Waals surface area (Å²) in [5.74, 6) is -1.11. The van der Waals surface area contributed by atoms with Gasteiger partial charge in [0.05, 0.1) is 29.0 Å². The van der Waals surface area contributed by atoms with Crippen molar-refractivity contribution in [2.24, 2.45) is 17.8 Å². The highest BCUT2D eigenvalue weighted by molar-refractivity contribution is 7.91. The van der Waals surface area contributed by atoms with Crippen LogP contribution in [0.5, 0.6) is 11.6 Å². The highest BCUT2D eigenvalue weighted by Crippen LogP contribution is 2.48. The molecule has 4 amide bonds. The Balaban J connectivity index is 0.987. The SMILES string of the molecule is C=C[C@@H]1C[C@]1(NC(=O)[C@@H]1C[C@@H]2CN1C(=O)[C@H](C1CCCCC1)NC(=O)O[C@@H]1C[C@H]1CCCCCc1c(nc3ccccc3c1OC1C[C@H]3CC[C@@H](C1)N3CCOC)O2)C(=O)NS(=O)(=O)C1(C)CC1. The van der Waals surface area contributed by atoms with Crippen molar-refractivity contribution < 1.29 is 46.5 Å². The molecule has 3 N–H and O–H groups in total. The van der Waals surface area contributed by atoms with E-state index in [-0.39, 0.29) is 43.4 Å². The van der Waals surface area contributed by atoms with Crippen LogP contribution in [0.4, 0.5) is 4.79 Å². The summed E-state index contributed by atoms with van der Waals surface area (Å²) >= 11 is 0. The van der Waals surface area contributed by atoms with Crippen molar-refractivity contribution in [1.82, 2.24) is 30.1 Å². The van der Waals surface area contributed by atoms with Crippen molar-refractivity contribution in [2.45, 2.75) is 182 Å². The number of benzene rings is 1. The van der Waals surface area contributed by atoms with Gasteiger partial charge in [-0.2, -0.15) is 0 Å². The minimum Gasteiger partial charge on any atom is -0.489 e. The van der Waals surface area contributed by atoms with Crippen molar-refractivity contribution in [3.8, 4) is 11.6 Å². The lowest BCUT2D eigenvalue weighted by molar-refractivity contribution is -0.142. The Morgan fingerprint density at radius 3 is 2.38 bits per heavy atom. The highest BCUT2D eigenvalue weighted by Gasteiger charge is 2.63. The van der Waals surface area contributed by atoms with E-state index < -0.39 is 68.2 Å². The molecule has 17 heteroatoms. The fourth-order valence-electron chi connectivity index (χ4n) is 12.2. The van der Waals surface area contributed by atoms with Crippen molar-refractivity contribution in [1.29, 1.82) is 0 Å². The number of hydrogen-bond donors (Lipinski definition) is 3. The fraction of sp³-hybridized carbons (Fsp3) is 0.706. The molecule has 1 unspecified atom stereocenters. The summed E-state index contributed by atoms with van der Waals surface area (Å²) in [4.78, 5) is 67.0. The quantitative estimate of drug-likeness (QED) is 0.216. The highest BCUT2D eigenvalue weighted by atomic mass is 32.2. The number of ether oxygens (including phenoxy) is 4. The number of carbonyl (C=O) groups excluding carboxylic acids is 4. The molecule has 3 saturated heterocycles. The third-order valence-electron chi connectivity index (χ3n) is 16.9. The number of aromatic nitrogens is 1. The summed E-state index contributed by atoms with van der Waals surface area (Å²) in [6, 6.07) is 6.73. The van der Waals surface area contributed by atoms with Crippen LogP contribution in [0, 0.1) is 17.8 Å². The molecule has 8 aliphatic rings. The molecule has 2 aromatic rings. The van der Waals surface area contributed by atoms with Crippen LogP contribution in [0.3, 0.4) is 0 Å². The van der Waals surface area contributed by atoms with E-state index in [0.29, 0.717) is 43.8 Å². The lowest BCUT2D eigenvalue weighted by Crippen LogP contribution is -2.59. The number of pyridine rings is 1. The van der Waals surface area contributed by atoms with Gasteiger partial charge >= 0.3 is 6.09 Å². The van der Waals surface area contributed by atoms with Gasteiger partial charge in [-0.15, -0.1) is 6.58 Å². The van der Waals surface area contributed by atoms with Gasteiger partial charge < -0.3 is 34.5 Å². The zero-order chi connectivity index (χ0) is 47.4. The van der Waals surface area contributed by atoms with Gasteiger partial charge in [-0.1, -0.05) is 50.3 Å². The van der Waals surface area contributed by atoms with E-state index in [4.69, 9.17) is 23.9 Å². The molecule has 4 bridgehead atoms. The van der Waals surface area contributed by atoms with E-state index in [1.165, 1.54) is 4.90 Å². The van der Waals surface area contributed by atoms with Crippen molar-refractivity contribution in [3.63, 3.8) is 0 Å². The van der Waals surface area contributed by atoms with Crippen molar-refractivity contribution >= 4 is 44.7 Å². The molecule has 68 heavy (non-hydrogen) atoms. The average Bonchev–Trinajstić information content (AvgIpc) is 4.29. The van der Waals surface area contributed by atoms with Gasteiger partial charge in [0.15, 0.2) is 0 Å². The number of nitrogens with zero attached hydrogens (tertiary/aromatic N) is 3. The number of piperidine rings is 1. The predicted molar refractivity (Wildman–Crippen MR) is 253 cm³/mol. The second-order valence-electron chi connectivity index (χ2n) is 21.5. The Bertz CT molecular complexity index is 2380. The number of amides is 4. The number of hydrogen-bond acceptors (Lipinski definition) is 12. The molecular weight excluding hydrogens is 889 g/mol. The third kappa shape index (κ3) is 9.44. The molecule has 10 atom stereocenters. The molecule has 4 saturated carbocycles. The number of nitrogens with one attached hydrogen (secondary N) is 3. The maximum Gasteiger partial charge on any atom is 0.408 e. The molecule has 0 radical (unpaired) electrons. The van der Waals surface area contributed by atoms with E-state index in [1.807, 2.05) is 18.2 Å². The molecular formula is C51H70N6O10S. The van der Waals surface area contributed by atoms with Gasteiger partial charge in [-0.05, 0) is 114 Å². The Kier molecular flexibility index (Phi) is 13.2. The number of methoxy groups -OCH3 is 1. The molecule has 5 heterocycles. The van der Waals surface area contributed by atoms with Gasteiger partial charge in [0.1, 0.15) is 41.7 Å². The smallest absolute Gasteiger partial charge is 0.408 e. The lowest BCUT2D eigenvalue weighted by Gasteiger charge is -2.39. The Labute approximate surface area is 400 Å². The first-order chi connectivity index (χ1) is 32.8. The van der Waals surface area contributed by atoms with Crippen LogP contribution >= 0.6 is 0 Å². The molecule has 0 spiro atoms. The zero-order valence-electron chi connectivity index (χ0n) is 39.8. The molecule has 4 aliphatic carbocycles. The monoisotopic (exact) mass is 958 g/mol. The summed E-state index contributed by atoms with van der Waals surface area (Å²) in [5.41, 5.74) is 0.0235. The van der Waals surface area contributed by atoms with E-state index in [1.54, 1.807) is 20.1 Å². The zero-order valence-corrected chi connectivity index (χ0v) is 40.6. The average molecular weight is 959 g/mol. The Morgan fingerprint density at radius 1 is 0.956 bits per heavy atom. The second kappa shape index (κ2) is 19.0. The fourth-order valence-corrected chi connectivity index (χ4v) is 13.5. The molecule has 16 nitrogen and oxygen atoms in total. The first-order valence-corrected chi connectivity index (χ1v) is 27.1. The van der Waals surface area contributed by atoms with Crippen LogP contribution in [0.15, 0.2) is 36.9 Å². The summed E-state index contributed by atoms with van der Waals surface area (Å²) in [6.45, 7) is 7.09. The normalized spacial score (nSPS) is 33.9. The van der Waals surface area contributed by atoms with Crippen LogP contribution in [-0.4, -0.2) is 127 Å². The largest absolute Gasteiger partial charge is 0.489 e. The summed E-state index contributed by atoms with van der Waals surface area (Å²) < 4.78 is 53.4. The lowest BCUT2D eigenvalue weighted by atomic mass is 9.83. The summed E-state index contributed by atoms with van der Waals surface area (Å²) in [6.07, 6.45) is 14.6. The van der Waals surface area contributed by atoms with E-state index in [9.17, 15) is 22.8 Å². The van der Waals surface area contributed by atoms with Gasteiger partial charge in [0.25, 0.3) is 5.91 Å². The van der Waals surface area contributed by atoms with Crippen molar-refractivity contribution in [3.05, 3.63) is 42.5 Å². The van der Waals surface area contributed by atoms with Crippen LogP contribution in [0.25, 0.3) is 10.9 Å². The molecule has 1 aromatic heterocycles. The third-order valence-corrected chi connectivity index (χ3v) is 19.0. The standard InChI is InChI=1S/C51H70N6O10S/c1-4-33-29-51(33,48(60)55-68(62,63)50(2)21-22-50)54-45(58)41-28-37-30-57(41)47(59)43(31-13-7-5-8-14-31)53-49(61)67-42-25-32(42)15-9-6-10-17-39-44(38-16-11-12-18-40(38)52-46(39)66-37)65-36-26-34-19-20-35(27-36)56(34)23-24-64-3/h4,11-12,16,18,31-37,41-43H,1,5-10,13-15,17,19-30H2,2-3H3,(H,53,61)(H,54,58)(H,55,60)/t32-,33-,34-,35+,36?,37-,41+,42-,43+,51-/m1/s1. The van der Waals surface area contributed by atoms with Gasteiger partial charge in [-0.25, -0.2) is 18.2 Å². The molecule has 370 valence electrons. The Hall–Kier alpha value is -4.48. The number of alkyl carbamates (subject to hydrolysis) is 1. The first kappa shape index (κ1) is 47.2. The second-order valence-corrected chi connectivity index (χ2v) is 23.7. The summed E-state index contributed by atoms with van der Waals surface area (Å²) in [5, 5.41) is 6.82. The molecule has 7 fully saturated rings. The van der Waals surface area contributed by atoms with Gasteiger partial charge in [0.2, 0.25) is 27.7 Å². The van der Waals surface area contributed by atoms with Gasteiger partial charge in [-0.3, -0.25) is 24.0 Å². The van der Waals surface area contributed by atoms with E-state index in [0.717, 1.165) is 119 Å². The maximum atomic E-state index is 15.2. The number of para-hydroxylation sites is 1. The van der Waals surface area contributed by atoms with Crippen LogP contribution in [0.1, 0.15) is 128 Å². The predicted octanol–water partition coefficient (Wildman–Crippen LogP) is 5.84. The van der Waals surface area contributed by atoms with Crippen LogP contribution < -0.4 is 24.8 Å². The molecule has 4 aliphatic heterocycles. The van der Waals surface area contributed by atoms with Gasteiger partial charge in [0, 0.05) is 43.5 Å². The van der Waals surface area contributed by atoms with Crippen LogP contribution in [0.2, 0.25) is 0 Å². The number of sulfonamides is 1. The van der Waals surface area contributed by atoms with E-state index in [2.05, 4.69) is 32.9 Å². The summed E-state index contributed by atoms with van der Waals surface area (Å²) in [7, 11) is -2.27. The number of carbonyl (C=O) groups is 4. The Morgan fingerprint density at radius 2 is 1.68 bits per heavy atom.